The molecular weight excluding hydrogens is 526 g/mol. The third-order valence-electron chi connectivity index (χ3n) is 9.96. The standard InChI is InChI=1S/C33H47N7O2/c41-32(42)10-17-40-21-16-36-31(40)25-38(24-30-34-14-15-35-30)23-28-8-6-27(7-9-28)22-37-18-11-33(26-37)12-19-39(20-13-33)29-4-2-1-3-5-29/h6-9,14-16,21,29H,1-5,10-13,17-20,22-26H2,(H,34,35)(H,41,42). The zero-order chi connectivity index (χ0) is 28.8. The molecule has 0 amide bonds. The van der Waals surface area contributed by atoms with Gasteiger partial charge in [-0.25, -0.2) is 9.97 Å². The summed E-state index contributed by atoms with van der Waals surface area (Å²) in [5, 5.41) is 9.12. The average molecular weight is 574 g/mol. The van der Waals surface area contributed by atoms with Gasteiger partial charge in [0.05, 0.1) is 19.5 Å². The summed E-state index contributed by atoms with van der Waals surface area (Å²) in [6.45, 7) is 8.57. The number of benzene rings is 1. The second kappa shape index (κ2) is 13.5. The first-order chi connectivity index (χ1) is 20.5. The van der Waals surface area contributed by atoms with Gasteiger partial charge in [0.2, 0.25) is 0 Å². The average Bonchev–Trinajstić information content (AvgIpc) is 3.77. The fourth-order valence-corrected chi connectivity index (χ4v) is 7.52. The van der Waals surface area contributed by atoms with Crippen LogP contribution in [0.15, 0.2) is 49.1 Å². The van der Waals surface area contributed by atoms with E-state index < -0.39 is 5.97 Å². The molecule has 2 aliphatic heterocycles. The lowest BCUT2D eigenvalue weighted by Crippen LogP contribution is -2.46. The maximum Gasteiger partial charge on any atom is 0.305 e. The van der Waals surface area contributed by atoms with Crippen LogP contribution < -0.4 is 0 Å². The summed E-state index contributed by atoms with van der Waals surface area (Å²) in [6, 6.07) is 9.97. The van der Waals surface area contributed by atoms with E-state index in [-0.39, 0.29) is 6.42 Å². The molecule has 42 heavy (non-hydrogen) atoms. The Morgan fingerprint density at radius 1 is 0.952 bits per heavy atom. The Labute approximate surface area is 249 Å². The number of aromatic nitrogens is 4. The number of piperidine rings is 1. The fourth-order valence-electron chi connectivity index (χ4n) is 7.52. The number of aryl methyl sites for hydroxylation is 1. The fraction of sp³-hybridized carbons (Fsp3) is 0.606. The predicted molar refractivity (Wildman–Crippen MR) is 162 cm³/mol. The number of rotatable bonds is 12. The van der Waals surface area contributed by atoms with Gasteiger partial charge in [0, 0.05) is 57.0 Å². The molecule has 0 bridgehead atoms. The summed E-state index contributed by atoms with van der Waals surface area (Å²) >= 11 is 0. The van der Waals surface area contributed by atoms with Crippen LogP contribution in [0.5, 0.6) is 0 Å². The van der Waals surface area contributed by atoms with Gasteiger partial charge in [0.1, 0.15) is 11.6 Å². The van der Waals surface area contributed by atoms with E-state index in [9.17, 15) is 4.79 Å². The summed E-state index contributed by atoms with van der Waals surface area (Å²) in [5.74, 6) is 0.973. The van der Waals surface area contributed by atoms with Gasteiger partial charge in [0.15, 0.2) is 0 Å². The van der Waals surface area contributed by atoms with E-state index in [0.29, 0.717) is 25.0 Å². The van der Waals surface area contributed by atoms with E-state index in [1.54, 1.807) is 12.4 Å². The Morgan fingerprint density at radius 3 is 2.45 bits per heavy atom. The van der Waals surface area contributed by atoms with Gasteiger partial charge in [-0.1, -0.05) is 43.5 Å². The maximum absolute atomic E-state index is 11.1. The minimum absolute atomic E-state index is 0.0834. The molecular formula is C33H47N7O2. The number of nitrogens with zero attached hydrogens (tertiary/aromatic N) is 6. The zero-order valence-corrected chi connectivity index (χ0v) is 25.0. The third-order valence-corrected chi connectivity index (χ3v) is 9.96. The SMILES string of the molecule is O=C(O)CCn1ccnc1CN(Cc1ccc(CN2CCC3(CCN(C4CCCCC4)CC3)C2)cc1)Cc1ncc[nH]1. The quantitative estimate of drug-likeness (QED) is 0.318. The Bertz CT molecular complexity index is 1260. The number of aromatic amines is 1. The molecule has 1 spiro atoms. The number of hydrogen-bond acceptors (Lipinski definition) is 6. The molecule has 3 aromatic rings. The lowest BCUT2D eigenvalue weighted by Gasteiger charge is -2.43. The predicted octanol–water partition coefficient (Wildman–Crippen LogP) is 4.90. The molecule has 4 heterocycles. The Balaban J connectivity index is 1.03. The van der Waals surface area contributed by atoms with Crippen LogP contribution in [-0.2, 0) is 37.5 Å². The summed E-state index contributed by atoms with van der Waals surface area (Å²) in [5.41, 5.74) is 3.17. The van der Waals surface area contributed by atoms with E-state index in [4.69, 9.17) is 5.11 Å². The number of H-pyrrole nitrogens is 1. The van der Waals surface area contributed by atoms with Crippen LogP contribution in [0.3, 0.4) is 0 Å². The van der Waals surface area contributed by atoms with Crippen molar-refractivity contribution in [3.8, 4) is 0 Å². The van der Waals surface area contributed by atoms with Crippen molar-refractivity contribution >= 4 is 5.97 Å². The third kappa shape index (κ3) is 7.49. The Hall–Kier alpha value is -3.01. The van der Waals surface area contributed by atoms with Gasteiger partial charge in [0.25, 0.3) is 0 Å². The molecule has 9 heteroatoms. The monoisotopic (exact) mass is 573 g/mol. The summed E-state index contributed by atoms with van der Waals surface area (Å²) in [4.78, 5) is 31.1. The topological polar surface area (TPSA) is 93.5 Å². The molecule has 1 saturated carbocycles. The van der Waals surface area contributed by atoms with Crippen LogP contribution >= 0.6 is 0 Å². The lowest BCUT2D eigenvalue weighted by molar-refractivity contribution is -0.137. The highest BCUT2D eigenvalue weighted by Crippen LogP contribution is 2.42. The molecule has 0 radical (unpaired) electrons. The maximum atomic E-state index is 11.1. The first-order valence-electron chi connectivity index (χ1n) is 16.0. The van der Waals surface area contributed by atoms with Crippen molar-refractivity contribution in [2.45, 2.75) is 96.6 Å². The van der Waals surface area contributed by atoms with E-state index >= 15 is 0 Å². The smallest absolute Gasteiger partial charge is 0.305 e. The molecule has 2 saturated heterocycles. The number of aliphatic carboxylic acids is 1. The number of carboxylic acids is 1. The van der Waals surface area contributed by atoms with Crippen molar-refractivity contribution in [1.82, 2.24) is 34.2 Å². The second-order valence-corrected chi connectivity index (χ2v) is 13.0. The molecule has 3 aliphatic rings. The molecule has 0 atom stereocenters. The van der Waals surface area contributed by atoms with E-state index in [2.05, 4.69) is 53.9 Å². The van der Waals surface area contributed by atoms with Crippen molar-refractivity contribution in [1.29, 1.82) is 0 Å². The molecule has 2 aromatic heterocycles. The van der Waals surface area contributed by atoms with Crippen LogP contribution in [0.1, 0.15) is 80.6 Å². The summed E-state index contributed by atoms with van der Waals surface area (Å²) in [7, 11) is 0. The Morgan fingerprint density at radius 2 is 1.71 bits per heavy atom. The van der Waals surface area contributed by atoms with Crippen molar-refractivity contribution in [3.05, 3.63) is 71.8 Å². The highest BCUT2D eigenvalue weighted by atomic mass is 16.4. The highest BCUT2D eigenvalue weighted by molar-refractivity contribution is 5.66. The first kappa shape index (κ1) is 29.1. The van der Waals surface area contributed by atoms with Gasteiger partial charge >= 0.3 is 5.97 Å². The minimum atomic E-state index is -0.800. The van der Waals surface area contributed by atoms with Gasteiger partial charge in [-0.3, -0.25) is 14.6 Å². The number of hydrogen-bond donors (Lipinski definition) is 2. The number of likely N-dealkylation sites (tertiary alicyclic amines) is 2. The minimum Gasteiger partial charge on any atom is -0.481 e. The van der Waals surface area contributed by atoms with Gasteiger partial charge in [-0.2, -0.15) is 0 Å². The molecule has 1 aliphatic carbocycles. The number of carbonyl (C=O) groups is 1. The summed E-state index contributed by atoms with van der Waals surface area (Å²) < 4.78 is 1.94. The van der Waals surface area contributed by atoms with E-state index in [0.717, 1.165) is 30.8 Å². The van der Waals surface area contributed by atoms with Gasteiger partial charge < -0.3 is 19.6 Å². The number of imidazole rings is 2. The molecule has 3 fully saturated rings. The van der Waals surface area contributed by atoms with Crippen LogP contribution in [0.25, 0.3) is 0 Å². The number of carboxylic acid groups (broad SMARTS) is 1. The van der Waals surface area contributed by atoms with Crippen molar-refractivity contribution in [3.63, 3.8) is 0 Å². The Kier molecular flexibility index (Phi) is 9.37. The normalized spacial score (nSPS) is 20.1. The van der Waals surface area contributed by atoms with Crippen LogP contribution in [-0.4, -0.2) is 77.5 Å². The molecule has 226 valence electrons. The molecule has 1 aromatic carbocycles. The van der Waals surface area contributed by atoms with Crippen molar-refractivity contribution in [2.75, 3.05) is 26.2 Å². The molecule has 0 unspecified atom stereocenters. The largest absolute Gasteiger partial charge is 0.481 e. The van der Waals surface area contributed by atoms with Gasteiger partial charge in [-0.15, -0.1) is 0 Å². The first-order valence-corrected chi connectivity index (χ1v) is 16.0. The van der Waals surface area contributed by atoms with E-state index in [1.807, 2.05) is 17.0 Å². The van der Waals surface area contributed by atoms with Gasteiger partial charge in [-0.05, 0) is 68.3 Å². The number of nitrogens with one attached hydrogen (secondary N) is 1. The lowest BCUT2D eigenvalue weighted by atomic mass is 9.77. The molecule has 6 rings (SSSR count). The van der Waals surface area contributed by atoms with Crippen LogP contribution in [0.4, 0.5) is 0 Å². The second-order valence-electron chi connectivity index (χ2n) is 13.0. The zero-order valence-electron chi connectivity index (χ0n) is 25.0. The van der Waals surface area contributed by atoms with E-state index in [1.165, 1.54) is 88.7 Å². The highest BCUT2D eigenvalue weighted by Gasteiger charge is 2.41. The van der Waals surface area contributed by atoms with Crippen molar-refractivity contribution < 1.29 is 9.90 Å². The summed E-state index contributed by atoms with van der Waals surface area (Å²) in [6.07, 6.45) is 18.6. The van der Waals surface area contributed by atoms with Crippen molar-refractivity contribution in [2.24, 2.45) is 5.41 Å². The molecule has 9 nitrogen and oxygen atoms in total. The van der Waals surface area contributed by atoms with Crippen LogP contribution in [0, 0.1) is 5.41 Å². The molecule has 2 N–H and O–H groups in total. The van der Waals surface area contributed by atoms with Crippen LogP contribution in [0.2, 0.25) is 0 Å².